The van der Waals surface area contributed by atoms with Gasteiger partial charge in [0.25, 0.3) is 0 Å². The van der Waals surface area contributed by atoms with E-state index in [9.17, 15) is 0 Å². The Kier molecular flexibility index (Phi) is 3.92. The monoisotopic (exact) mass is 337 g/mol. The van der Waals surface area contributed by atoms with E-state index < -0.39 is 0 Å². The van der Waals surface area contributed by atoms with Crippen LogP contribution in [0, 0.1) is 6.92 Å². The van der Waals surface area contributed by atoms with Crippen LogP contribution >= 0.6 is 0 Å². The third-order valence-corrected chi connectivity index (χ3v) is 4.80. The molecular weight excluding hydrogens is 314 g/mol. The molecule has 1 aliphatic heterocycles. The zero-order valence-corrected chi connectivity index (χ0v) is 14.9. The average Bonchev–Trinajstić information content (AvgIpc) is 3.19. The summed E-state index contributed by atoms with van der Waals surface area (Å²) in [5, 5.41) is 3.42. The highest BCUT2D eigenvalue weighted by Gasteiger charge is 2.29. The van der Waals surface area contributed by atoms with Gasteiger partial charge in [0.05, 0.1) is 28.7 Å². The summed E-state index contributed by atoms with van der Waals surface area (Å²) in [6.45, 7) is 5.66. The second-order valence-corrected chi connectivity index (χ2v) is 7.00. The minimum atomic E-state index is -0.105. The lowest BCUT2D eigenvalue weighted by Gasteiger charge is -2.23. The van der Waals surface area contributed by atoms with Crippen molar-refractivity contribution in [1.29, 1.82) is 0 Å². The Bertz CT molecular complexity index is 911. The quantitative estimate of drug-likeness (QED) is 0.791. The van der Waals surface area contributed by atoms with E-state index >= 15 is 0 Å². The van der Waals surface area contributed by atoms with Gasteiger partial charge >= 0.3 is 0 Å². The molecule has 130 valence electrons. The van der Waals surface area contributed by atoms with Gasteiger partial charge in [-0.1, -0.05) is 6.07 Å². The zero-order valence-electron chi connectivity index (χ0n) is 14.9. The molecule has 3 aromatic rings. The fourth-order valence-electron chi connectivity index (χ4n) is 3.36. The first-order valence-corrected chi connectivity index (χ1v) is 8.67. The SMILES string of the molecule is Cc1nc(NCC2(C)CCCO2)cc(-c2ccc3c(c2)ncn3C)n1. The largest absolute Gasteiger partial charge is 0.373 e. The van der Waals surface area contributed by atoms with E-state index in [0.717, 1.165) is 59.9 Å². The maximum absolute atomic E-state index is 5.84. The Morgan fingerprint density at radius 3 is 2.96 bits per heavy atom. The van der Waals surface area contributed by atoms with Crippen LogP contribution in [0.25, 0.3) is 22.3 Å². The number of ether oxygens (including phenoxy) is 1. The highest BCUT2D eigenvalue weighted by Crippen LogP contribution is 2.27. The molecule has 3 heterocycles. The van der Waals surface area contributed by atoms with Crippen LogP contribution in [-0.2, 0) is 11.8 Å². The number of imidazole rings is 1. The van der Waals surface area contributed by atoms with Crippen molar-refractivity contribution < 1.29 is 4.74 Å². The number of hydrogen-bond donors (Lipinski definition) is 1. The first-order chi connectivity index (χ1) is 12.0. The summed E-state index contributed by atoms with van der Waals surface area (Å²) in [6.07, 6.45) is 4.03. The van der Waals surface area contributed by atoms with Crippen molar-refractivity contribution in [3.05, 3.63) is 36.4 Å². The number of fused-ring (bicyclic) bond motifs is 1. The lowest BCUT2D eigenvalue weighted by atomic mass is 10.0. The molecule has 25 heavy (non-hydrogen) atoms. The normalized spacial score (nSPS) is 20.3. The predicted molar refractivity (Wildman–Crippen MR) is 98.6 cm³/mol. The van der Waals surface area contributed by atoms with Crippen LogP contribution in [0.4, 0.5) is 5.82 Å². The topological polar surface area (TPSA) is 64.9 Å². The molecule has 1 atom stereocenters. The van der Waals surface area contributed by atoms with E-state index in [1.54, 1.807) is 0 Å². The molecule has 0 aliphatic carbocycles. The molecule has 0 radical (unpaired) electrons. The van der Waals surface area contributed by atoms with Gasteiger partial charge in [-0.15, -0.1) is 0 Å². The van der Waals surface area contributed by atoms with Crippen molar-refractivity contribution in [2.45, 2.75) is 32.3 Å². The highest BCUT2D eigenvalue weighted by molar-refractivity contribution is 5.81. The summed E-state index contributed by atoms with van der Waals surface area (Å²) >= 11 is 0. The second kappa shape index (κ2) is 6.11. The minimum absolute atomic E-state index is 0.105. The third kappa shape index (κ3) is 3.22. The molecule has 1 N–H and O–H groups in total. The zero-order chi connectivity index (χ0) is 17.4. The van der Waals surface area contributed by atoms with E-state index in [1.807, 2.05) is 30.9 Å². The van der Waals surface area contributed by atoms with Crippen molar-refractivity contribution >= 4 is 16.9 Å². The van der Waals surface area contributed by atoms with Gasteiger partial charge in [0.2, 0.25) is 0 Å². The Morgan fingerprint density at radius 2 is 2.16 bits per heavy atom. The Hall–Kier alpha value is -2.47. The lowest BCUT2D eigenvalue weighted by molar-refractivity contribution is 0.0314. The Balaban J connectivity index is 1.61. The lowest BCUT2D eigenvalue weighted by Crippen LogP contribution is -2.32. The van der Waals surface area contributed by atoms with E-state index in [2.05, 4.69) is 45.4 Å². The van der Waals surface area contributed by atoms with Crippen molar-refractivity contribution in [3.63, 3.8) is 0 Å². The van der Waals surface area contributed by atoms with E-state index in [0.29, 0.717) is 0 Å². The molecule has 0 amide bonds. The molecule has 4 rings (SSSR count). The van der Waals surface area contributed by atoms with Gasteiger partial charge in [-0.3, -0.25) is 0 Å². The van der Waals surface area contributed by atoms with Gasteiger partial charge < -0.3 is 14.6 Å². The maximum atomic E-state index is 5.84. The summed E-state index contributed by atoms with van der Waals surface area (Å²) in [5.74, 6) is 1.58. The fourth-order valence-corrected chi connectivity index (χ4v) is 3.36. The predicted octanol–water partition coefficient (Wildman–Crippen LogP) is 3.32. The standard InChI is InChI=1S/C19H23N5O/c1-13-22-15(14-5-6-17-16(9-14)21-12-24(17)3)10-18(23-13)20-11-19(2)7-4-8-25-19/h5-6,9-10,12H,4,7-8,11H2,1-3H3,(H,20,22,23). The summed E-state index contributed by atoms with van der Waals surface area (Å²) in [4.78, 5) is 13.6. The van der Waals surface area contributed by atoms with E-state index in [4.69, 9.17) is 4.74 Å². The number of nitrogens with one attached hydrogen (secondary N) is 1. The van der Waals surface area contributed by atoms with Crippen molar-refractivity contribution in [2.24, 2.45) is 7.05 Å². The first kappa shape index (κ1) is 16.0. The Morgan fingerprint density at radius 1 is 1.28 bits per heavy atom. The third-order valence-electron chi connectivity index (χ3n) is 4.80. The number of rotatable bonds is 4. The molecule has 1 aromatic carbocycles. The van der Waals surface area contributed by atoms with Crippen LogP contribution in [0.5, 0.6) is 0 Å². The number of anilines is 1. The van der Waals surface area contributed by atoms with Crippen LogP contribution in [0.15, 0.2) is 30.6 Å². The van der Waals surface area contributed by atoms with Crippen molar-refractivity contribution in [3.8, 4) is 11.3 Å². The van der Waals surface area contributed by atoms with E-state index in [1.165, 1.54) is 0 Å². The van der Waals surface area contributed by atoms with Gasteiger partial charge in [0.15, 0.2) is 0 Å². The molecule has 6 heteroatoms. The molecule has 1 unspecified atom stereocenters. The molecule has 1 saturated heterocycles. The van der Waals surface area contributed by atoms with Gasteiger partial charge in [-0.05, 0) is 38.8 Å². The molecule has 0 bridgehead atoms. The number of aromatic nitrogens is 4. The average molecular weight is 337 g/mol. The van der Waals surface area contributed by atoms with Crippen LogP contribution in [0.3, 0.4) is 0 Å². The van der Waals surface area contributed by atoms with Gasteiger partial charge in [-0.25, -0.2) is 15.0 Å². The van der Waals surface area contributed by atoms with Crippen LogP contribution < -0.4 is 5.32 Å². The van der Waals surface area contributed by atoms with Gasteiger partial charge in [0, 0.05) is 31.8 Å². The fraction of sp³-hybridized carbons (Fsp3) is 0.421. The highest BCUT2D eigenvalue weighted by atomic mass is 16.5. The number of hydrogen-bond acceptors (Lipinski definition) is 5. The molecule has 2 aromatic heterocycles. The van der Waals surface area contributed by atoms with Crippen LogP contribution in [-0.4, -0.2) is 38.3 Å². The number of nitrogens with zero attached hydrogens (tertiary/aromatic N) is 4. The first-order valence-electron chi connectivity index (χ1n) is 8.67. The maximum Gasteiger partial charge on any atom is 0.130 e. The summed E-state index contributed by atoms with van der Waals surface area (Å²) < 4.78 is 7.85. The number of aryl methyl sites for hydroxylation is 2. The molecule has 0 saturated carbocycles. The minimum Gasteiger partial charge on any atom is -0.373 e. The summed E-state index contributed by atoms with van der Waals surface area (Å²) in [5.41, 5.74) is 3.92. The second-order valence-electron chi connectivity index (χ2n) is 7.00. The molecular formula is C19H23N5O. The summed E-state index contributed by atoms with van der Waals surface area (Å²) in [6, 6.07) is 8.23. The number of benzene rings is 1. The van der Waals surface area contributed by atoms with Crippen molar-refractivity contribution in [2.75, 3.05) is 18.5 Å². The molecule has 6 nitrogen and oxygen atoms in total. The van der Waals surface area contributed by atoms with Gasteiger partial charge in [-0.2, -0.15) is 0 Å². The van der Waals surface area contributed by atoms with Crippen molar-refractivity contribution in [1.82, 2.24) is 19.5 Å². The molecule has 1 aliphatic rings. The van der Waals surface area contributed by atoms with Crippen LogP contribution in [0.2, 0.25) is 0 Å². The van der Waals surface area contributed by atoms with E-state index in [-0.39, 0.29) is 5.60 Å². The smallest absolute Gasteiger partial charge is 0.130 e. The van der Waals surface area contributed by atoms with Crippen LogP contribution in [0.1, 0.15) is 25.6 Å². The molecule has 0 spiro atoms. The molecule has 1 fully saturated rings. The van der Waals surface area contributed by atoms with Gasteiger partial charge in [0.1, 0.15) is 11.6 Å². The Labute approximate surface area is 147 Å². The summed E-state index contributed by atoms with van der Waals surface area (Å²) in [7, 11) is 2.00.